The highest BCUT2D eigenvalue weighted by Gasteiger charge is 2.12. The van der Waals surface area contributed by atoms with Crippen molar-refractivity contribution in [1.82, 2.24) is 24.9 Å². The van der Waals surface area contributed by atoms with Crippen LogP contribution in [0.3, 0.4) is 0 Å². The summed E-state index contributed by atoms with van der Waals surface area (Å²) in [5.74, 6) is 0. The number of nitrogens with zero attached hydrogens (tertiary/aromatic N) is 5. The molecule has 3 heterocycles. The lowest BCUT2D eigenvalue weighted by atomic mass is 9.95. The second-order valence-corrected chi connectivity index (χ2v) is 7.94. The smallest absolute Gasteiger partial charge is 0.187 e. The van der Waals surface area contributed by atoms with E-state index in [1.165, 1.54) is 16.7 Å². The van der Waals surface area contributed by atoms with Crippen LogP contribution in [0.5, 0.6) is 0 Å². The van der Waals surface area contributed by atoms with Gasteiger partial charge in [0.1, 0.15) is 0 Å². The second-order valence-electron chi connectivity index (χ2n) is 7.16. The fourth-order valence-corrected chi connectivity index (χ4v) is 3.87. The van der Waals surface area contributed by atoms with Crippen molar-refractivity contribution in [2.24, 2.45) is 0 Å². The number of aromatic amines is 1. The van der Waals surface area contributed by atoms with E-state index in [0.717, 1.165) is 52.3 Å². The molecule has 0 saturated heterocycles. The molecule has 0 radical (unpaired) electrons. The Balaban J connectivity index is 1.74. The van der Waals surface area contributed by atoms with E-state index in [2.05, 4.69) is 51.1 Å². The molecule has 0 spiro atoms. The van der Waals surface area contributed by atoms with Gasteiger partial charge in [0.05, 0.1) is 35.5 Å². The molecule has 1 N–H and O–H groups in total. The van der Waals surface area contributed by atoms with E-state index in [9.17, 15) is 0 Å². The number of pyridine rings is 1. The minimum Gasteiger partial charge on any atom is -0.343 e. The van der Waals surface area contributed by atoms with Crippen LogP contribution in [0.25, 0.3) is 22.3 Å². The molecule has 0 unspecified atom stereocenters. The van der Waals surface area contributed by atoms with Crippen LogP contribution in [0.15, 0.2) is 48.3 Å². The lowest BCUT2D eigenvalue weighted by Gasteiger charge is -2.13. The van der Waals surface area contributed by atoms with Gasteiger partial charge < -0.3 is 4.98 Å². The third-order valence-corrected chi connectivity index (χ3v) is 5.76. The first-order valence-corrected chi connectivity index (χ1v) is 11.0. The maximum Gasteiger partial charge on any atom is 0.187 e. The molecule has 0 aliphatic carbocycles. The summed E-state index contributed by atoms with van der Waals surface area (Å²) in [6, 6.07) is 8.71. The number of hydrogen-bond acceptors (Lipinski definition) is 6. The predicted octanol–water partition coefficient (Wildman–Crippen LogP) is 4.69. The van der Waals surface area contributed by atoms with E-state index in [4.69, 9.17) is 10.2 Å². The number of H-pyrrole nitrogens is 1. The van der Waals surface area contributed by atoms with Crippen molar-refractivity contribution in [3.63, 3.8) is 0 Å². The van der Waals surface area contributed by atoms with Gasteiger partial charge in [-0.15, -0.1) is 0 Å². The zero-order valence-corrected chi connectivity index (χ0v) is 17.8. The minimum absolute atomic E-state index is 0.514. The Morgan fingerprint density at radius 3 is 2.57 bits per heavy atom. The summed E-state index contributed by atoms with van der Waals surface area (Å²) in [4.78, 5) is 20.9. The SMILES string of the molecule is CSc1ncc(CCc2cc(-c3cnc[nH]3)nc3cc(C)c(CCC#N)cc23)cn1. The van der Waals surface area contributed by atoms with Crippen LogP contribution < -0.4 is 0 Å². The van der Waals surface area contributed by atoms with Crippen molar-refractivity contribution in [3.05, 3.63) is 65.4 Å². The van der Waals surface area contributed by atoms with Gasteiger partial charge in [-0.2, -0.15) is 5.26 Å². The van der Waals surface area contributed by atoms with E-state index in [-0.39, 0.29) is 0 Å². The van der Waals surface area contributed by atoms with Crippen molar-refractivity contribution in [2.45, 2.75) is 37.8 Å². The van der Waals surface area contributed by atoms with Gasteiger partial charge in [0.25, 0.3) is 0 Å². The summed E-state index contributed by atoms with van der Waals surface area (Å²) in [5.41, 5.74) is 7.44. The number of benzene rings is 1. The van der Waals surface area contributed by atoms with Gasteiger partial charge in [0.2, 0.25) is 0 Å². The summed E-state index contributed by atoms with van der Waals surface area (Å²) >= 11 is 1.54. The molecule has 0 fully saturated rings. The Bertz CT molecular complexity index is 1190. The average molecular weight is 415 g/mol. The molecule has 0 atom stereocenters. The molecular formula is C23H22N6S. The van der Waals surface area contributed by atoms with Crippen LogP contribution in [0, 0.1) is 18.3 Å². The Labute approximate surface area is 179 Å². The average Bonchev–Trinajstić information content (AvgIpc) is 3.31. The van der Waals surface area contributed by atoms with Crippen LogP contribution >= 0.6 is 11.8 Å². The fraction of sp³-hybridized carbons (Fsp3) is 0.261. The Kier molecular flexibility index (Phi) is 6.05. The summed E-state index contributed by atoms with van der Waals surface area (Å²) in [6.45, 7) is 2.08. The fourth-order valence-electron chi connectivity index (χ4n) is 3.55. The molecule has 7 heteroatoms. The zero-order chi connectivity index (χ0) is 20.9. The number of nitriles is 1. The third kappa shape index (κ3) is 4.34. The van der Waals surface area contributed by atoms with E-state index in [1.807, 2.05) is 18.6 Å². The summed E-state index contributed by atoms with van der Waals surface area (Å²) < 4.78 is 0. The summed E-state index contributed by atoms with van der Waals surface area (Å²) in [5, 5.41) is 10.9. The maximum atomic E-state index is 8.99. The first-order chi connectivity index (χ1) is 14.7. The van der Waals surface area contributed by atoms with Crippen molar-refractivity contribution in [1.29, 1.82) is 5.26 Å². The lowest BCUT2D eigenvalue weighted by molar-refractivity contribution is 0.888. The molecule has 0 bridgehead atoms. The number of aryl methyl sites for hydroxylation is 4. The molecule has 4 rings (SSSR count). The van der Waals surface area contributed by atoms with Gasteiger partial charge >= 0.3 is 0 Å². The van der Waals surface area contributed by atoms with Gasteiger partial charge in [0.15, 0.2) is 5.16 Å². The lowest BCUT2D eigenvalue weighted by Crippen LogP contribution is -2.00. The first-order valence-electron chi connectivity index (χ1n) is 9.81. The van der Waals surface area contributed by atoms with Crippen LogP contribution in [0.2, 0.25) is 0 Å². The van der Waals surface area contributed by atoms with Crippen LogP contribution in [-0.2, 0) is 19.3 Å². The molecule has 6 nitrogen and oxygen atoms in total. The van der Waals surface area contributed by atoms with Gasteiger partial charge in [-0.3, -0.25) is 0 Å². The van der Waals surface area contributed by atoms with Crippen molar-refractivity contribution in [3.8, 4) is 17.5 Å². The number of hydrogen-bond donors (Lipinski definition) is 1. The molecule has 150 valence electrons. The quantitative estimate of drug-likeness (QED) is 0.348. The normalized spacial score (nSPS) is 11.0. The molecular weight excluding hydrogens is 392 g/mol. The highest BCUT2D eigenvalue weighted by molar-refractivity contribution is 7.98. The Hall–Kier alpha value is -3.24. The van der Waals surface area contributed by atoms with Crippen LogP contribution in [0.4, 0.5) is 0 Å². The Morgan fingerprint density at radius 1 is 1.03 bits per heavy atom. The molecule has 0 aliphatic rings. The molecule has 0 amide bonds. The van der Waals surface area contributed by atoms with Crippen molar-refractivity contribution in [2.75, 3.05) is 6.26 Å². The zero-order valence-electron chi connectivity index (χ0n) is 17.0. The highest BCUT2D eigenvalue weighted by atomic mass is 32.2. The standard InChI is InChI=1S/C23H22N6S/c1-15-8-20-19(9-17(15)4-3-7-24)18(10-21(29-20)22-13-25-14-28-22)6-5-16-11-26-23(30-2)27-12-16/h8-14H,3-6H2,1-2H3,(H,25,28). The van der Waals surface area contributed by atoms with Crippen molar-refractivity contribution < 1.29 is 0 Å². The van der Waals surface area contributed by atoms with E-state index in [1.54, 1.807) is 24.3 Å². The van der Waals surface area contributed by atoms with Gasteiger partial charge in [-0.25, -0.2) is 19.9 Å². The van der Waals surface area contributed by atoms with Crippen LogP contribution in [-0.4, -0.2) is 31.2 Å². The second kappa shape index (κ2) is 9.06. The Morgan fingerprint density at radius 2 is 1.87 bits per heavy atom. The van der Waals surface area contributed by atoms with Gasteiger partial charge in [-0.05, 0) is 72.9 Å². The molecule has 0 saturated carbocycles. The number of fused-ring (bicyclic) bond motifs is 1. The predicted molar refractivity (Wildman–Crippen MR) is 119 cm³/mol. The number of thioether (sulfide) groups is 1. The largest absolute Gasteiger partial charge is 0.343 e. The maximum absolute atomic E-state index is 8.99. The number of nitrogens with one attached hydrogen (secondary N) is 1. The number of imidazole rings is 1. The molecule has 3 aromatic heterocycles. The third-order valence-electron chi connectivity index (χ3n) is 5.18. The molecule has 4 aromatic rings. The van der Waals surface area contributed by atoms with E-state index in [0.29, 0.717) is 6.42 Å². The number of aromatic nitrogens is 5. The van der Waals surface area contributed by atoms with E-state index < -0.39 is 0 Å². The van der Waals surface area contributed by atoms with Crippen molar-refractivity contribution >= 4 is 22.7 Å². The monoisotopic (exact) mass is 414 g/mol. The first kappa shape index (κ1) is 20.0. The summed E-state index contributed by atoms with van der Waals surface area (Å²) in [7, 11) is 0. The van der Waals surface area contributed by atoms with E-state index >= 15 is 0 Å². The topological polar surface area (TPSA) is 91.1 Å². The molecule has 0 aliphatic heterocycles. The molecule has 30 heavy (non-hydrogen) atoms. The minimum atomic E-state index is 0.514. The van der Waals surface area contributed by atoms with Crippen LogP contribution in [0.1, 0.15) is 28.7 Å². The molecule has 1 aromatic carbocycles. The highest BCUT2D eigenvalue weighted by Crippen LogP contribution is 2.28. The number of rotatable bonds is 7. The van der Waals surface area contributed by atoms with Gasteiger partial charge in [-0.1, -0.05) is 11.8 Å². The summed E-state index contributed by atoms with van der Waals surface area (Å²) in [6.07, 6.45) is 12.2. The van der Waals surface area contributed by atoms with Gasteiger partial charge in [0, 0.05) is 24.2 Å².